The lowest BCUT2D eigenvalue weighted by Gasteiger charge is -2.19. The molecule has 0 saturated carbocycles. The molecule has 0 saturated heterocycles. The monoisotopic (exact) mass is 372 g/mol. The molecule has 1 unspecified atom stereocenters. The lowest BCUT2D eigenvalue weighted by molar-refractivity contribution is 0.171. The zero-order valence-corrected chi connectivity index (χ0v) is 16.1. The number of methoxy groups -OCH3 is 1. The summed E-state index contributed by atoms with van der Waals surface area (Å²) in [5.41, 5.74) is 3.26. The molecule has 138 valence electrons. The number of ether oxygens (including phenoxy) is 1. The Hall–Kier alpha value is -2.46. The molecular formula is C21H25ClN2O2. The third kappa shape index (κ3) is 4.79. The molecular weight excluding hydrogens is 348 g/mol. The molecule has 1 heterocycles. The van der Waals surface area contributed by atoms with Crippen LogP contribution in [0.5, 0.6) is 0 Å². The number of carbonyl (C=O) groups is 1. The minimum absolute atomic E-state index is 0.139. The summed E-state index contributed by atoms with van der Waals surface area (Å²) in [5.74, 6) is 0.139. The van der Waals surface area contributed by atoms with Crippen LogP contribution in [0.4, 0.5) is 4.79 Å². The summed E-state index contributed by atoms with van der Waals surface area (Å²) in [7, 11) is 1.36. The van der Waals surface area contributed by atoms with E-state index in [-0.39, 0.29) is 5.92 Å². The van der Waals surface area contributed by atoms with Gasteiger partial charge in [-0.25, -0.2) is 4.79 Å². The van der Waals surface area contributed by atoms with E-state index in [0.29, 0.717) is 11.6 Å². The zero-order chi connectivity index (χ0) is 18.9. The first-order valence-corrected chi connectivity index (χ1v) is 9.20. The van der Waals surface area contributed by atoms with Crippen LogP contribution in [-0.2, 0) is 4.74 Å². The maximum Gasteiger partial charge on any atom is 0.406 e. The fraction of sp³-hybridized carbons (Fsp3) is 0.286. The van der Waals surface area contributed by atoms with Crippen LogP contribution in [0.1, 0.15) is 37.3 Å². The Labute approximate surface area is 159 Å². The number of halogens is 1. The van der Waals surface area contributed by atoms with E-state index >= 15 is 0 Å². The highest BCUT2D eigenvalue weighted by Gasteiger charge is 2.16. The molecule has 0 aliphatic carbocycles. The Morgan fingerprint density at radius 1 is 1.15 bits per heavy atom. The molecule has 2 N–H and O–H groups in total. The fourth-order valence-electron chi connectivity index (χ4n) is 2.95. The number of hydrogen-bond donors (Lipinski definition) is 2. The first-order chi connectivity index (χ1) is 12.7. The van der Waals surface area contributed by atoms with Crippen molar-refractivity contribution in [2.75, 3.05) is 13.7 Å². The summed E-state index contributed by atoms with van der Waals surface area (Å²) in [6.45, 7) is 4.52. The normalized spacial score (nSPS) is 11.4. The molecule has 0 aliphatic rings. The zero-order valence-electron chi connectivity index (χ0n) is 15.4. The van der Waals surface area contributed by atoms with Crippen molar-refractivity contribution in [3.8, 4) is 0 Å². The predicted molar refractivity (Wildman–Crippen MR) is 108 cm³/mol. The van der Waals surface area contributed by atoms with Crippen LogP contribution in [0.2, 0.25) is 5.02 Å². The number of fused-ring (bicyclic) bond motifs is 1. The van der Waals surface area contributed by atoms with E-state index < -0.39 is 6.09 Å². The number of carbonyl (C=O) groups excluding carboxylic acids is 1. The summed E-state index contributed by atoms with van der Waals surface area (Å²) in [6.07, 6.45) is 2.23. The average molecular weight is 373 g/mol. The highest BCUT2D eigenvalue weighted by atomic mass is 35.5. The minimum atomic E-state index is -0.416. The number of nitrogens with one attached hydrogen (secondary N) is 2. The largest absolute Gasteiger partial charge is 0.453 e. The number of aromatic amines is 1. The van der Waals surface area contributed by atoms with Crippen molar-refractivity contribution < 1.29 is 9.53 Å². The molecule has 1 aromatic heterocycles. The number of alkyl carbamates (subject to hydrolysis) is 1. The number of benzene rings is 2. The van der Waals surface area contributed by atoms with Crippen molar-refractivity contribution in [1.82, 2.24) is 10.3 Å². The van der Waals surface area contributed by atoms with Crippen LogP contribution in [0, 0.1) is 0 Å². The van der Waals surface area contributed by atoms with Crippen molar-refractivity contribution in [3.05, 3.63) is 70.9 Å². The van der Waals surface area contributed by atoms with Crippen LogP contribution in [0.3, 0.4) is 0 Å². The smallest absolute Gasteiger partial charge is 0.406 e. The highest BCUT2D eigenvalue weighted by Crippen LogP contribution is 2.33. The molecule has 3 aromatic rings. The molecule has 3 rings (SSSR count). The maximum absolute atomic E-state index is 11.3. The quantitative estimate of drug-likeness (QED) is 0.601. The van der Waals surface area contributed by atoms with E-state index in [1.165, 1.54) is 12.7 Å². The van der Waals surface area contributed by atoms with Crippen molar-refractivity contribution in [2.45, 2.75) is 26.2 Å². The highest BCUT2D eigenvalue weighted by molar-refractivity contribution is 6.35. The Balaban J connectivity index is 0.00000117. The van der Waals surface area contributed by atoms with E-state index in [1.807, 2.05) is 50.4 Å². The summed E-state index contributed by atoms with van der Waals surface area (Å²) in [6, 6.07) is 16.4. The van der Waals surface area contributed by atoms with Gasteiger partial charge in [0.1, 0.15) is 0 Å². The van der Waals surface area contributed by atoms with Gasteiger partial charge < -0.3 is 15.0 Å². The van der Waals surface area contributed by atoms with Crippen molar-refractivity contribution >= 4 is 28.6 Å². The molecule has 0 aliphatic heterocycles. The summed E-state index contributed by atoms with van der Waals surface area (Å²) < 4.78 is 4.63. The van der Waals surface area contributed by atoms with E-state index in [4.69, 9.17) is 11.6 Å². The van der Waals surface area contributed by atoms with Gasteiger partial charge in [-0.05, 0) is 35.7 Å². The van der Waals surface area contributed by atoms with Gasteiger partial charge in [0.05, 0.1) is 17.6 Å². The summed E-state index contributed by atoms with van der Waals surface area (Å²) >= 11 is 6.42. The Morgan fingerprint density at radius 2 is 1.88 bits per heavy atom. The van der Waals surface area contributed by atoms with Gasteiger partial charge in [-0.3, -0.25) is 0 Å². The first kappa shape index (κ1) is 19.9. The first-order valence-electron chi connectivity index (χ1n) is 8.82. The van der Waals surface area contributed by atoms with Gasteiger partial charge in [-0.1, -0.05) is 55.8 Å². The molecule has 0 bridgehead atoms. The molecule has 1 atom stereocenters. The van der Waals surface area contributed by atoms with Crippen LogP contribution in [-0.4, -0.2) is 24.7 Å². The van der Waals surface area contributed by atoms with Gasteiger partial charge in [0.15, 0.2) is 0 Å². The predicted octanol–water partition coefficient (Wildman–Crippen LogP) is 5.73. The second-order valence-corrected chi connectivity index (χ2v) is 6.02. The van der Waals surface area contributed by atoms with Crippen molar-refractivity contribution in [2.24, 2.45) is 0 Å². The maximum atomic E-state index is 11.3. The SMILES string of the molecule is CC.COC(=O)NCCC(c1ccccc1)c1cc(Cl)c2[nH]ccc2c1. The van der Waals surface area contributed by atoms with E-state index in [2.05, 4.69) is 33.2 Å². The third-order valence-corrected chi connectivity index (χ3v) is 4.42. The van der Waals surface area contributed by atoms with Gasteiger partial charge in [0, 0.05) is 24.0 Å². The van der Waals surface area contributed by atoms with Gasteiger partial charge in [-0.15, -0.1) is 0 Å². The van der Waals surface area contributed by atoms with Crippen LogP contribution >= 0.6 is 11.6 Å². The van der Waals surface area contributed by atoms with Gasteiger partial charge in [0.2, 0.25) is 0 Å². The second kappa shape index (κ2) is 9.88. The van der Waals surface area contributed by atoms with E-state index in [9.17, 15) is 4.79 Å². The molecule has 0 fully saturated rings. The lowest BCUT2D eigenvalue weighted by atomic mass is 9.88. The molecule has 2 aromatic carbocycles. The average Bonchev–Trinajstić information content (AvgIpc) is 3.16. The number of hydrogen-bond acceptors (Lipinski definition) is 2. The molecule has 1 amide bonds. The van der Waals surface area contributed by atoms with Crippen LogP contribution in [0.25, 0.3) is 10.9 Å². The molecule has 0 spiro atoms. The van der Waals surface area contributed by atoms with E-state index in [1.54, 1.807) is 0 Å². The molecule has 5 heteroatoms. The molecule has 0 radical (unpaired) electrons. The van der Waals surface area contributed by atoms with Crippen molar-refractivity contribution in [3.63, 3.8) is 0 Å². The standard InChI is InChI=1S/C19H19ClN2O2.C2H6/c1-24-19(23)22-10-8-16(13-5-3-2-4-6-13)15-11-14-7-9-21-18(14)17(20)12-15;1-2/h2-7,9,11-12,16,21H,8,10H2,1H3,(H,22,23);1-2H3. The van der Waals surface area contributed by atoms with Crippen LogP contribution < -0.4 is 5.32 Å². The Kier molecular flexibility index (Phi) is 7.54. The summed E-state index contributed by atoms with van der Waals surface area (Å²) in [4.78, 5) is 14.5. The number of amides is 1. The molecule has 26 heavy (non-hydrogen) atoms. The van der Waals surface area contributed by atoms with Crippen molar-refractivity contribution in [1.29, 1.82) is 0 Å². The van der Waals surface area contributed by atoms with Gasteiger partial charge in [-0.2, -0.15) is 0 Å². The topological polar surface area (TPSA) is 54.1 Å². The van der Waals surface area contributed by atoms with Crippen LogP contribution in [0.15, 0.2) is 54.7 Å². The number of rotatable bonds is 5. The lowest BCUT2D eigenvalue weighted by Crippen LogP contribution is -2.25. The number of aromatic nitrogens is 1. The van der Waals surface area contributed by atoms with Gasteiger partial charge >= 0.3 is 6.09 Å². The number of H-pyrrole nitrogens is 1. The Morgan fingerprint density at radius 3 is 2.58 bits per heavy atom. The third-order valence-electron chi connectivity index (χ3n) is 4.13. The second-order valence-electron chi connectivity index (χ2n) is 5.61. The Bertz CT molecular complexity index is 830. The summed E-state index contributed by atoms with van der Waals surface area (Å²) in [5, 5.41) is 4.53. The fourth-order valence-corrected chi connectivity index (χ4v) is 3.24. The van der Waals surface area contributed by atoms with E-state index in [0.717, 1.165) is 22.9 Å². The minimum Gasteiger partial charge on any atom is -0.453 e. The van der Waals surface area contributed by atoms with Gasteiger partial charge in [0.25, 0.3) is 0 Å². The molecule has 4 nitrogen and oxygen atoms in total.